The molecule has 150 valence electrons. The zero-order chi connectivity index (χ0) is 21.3. The Kier molecular flexibility index (Phi) is 5.16. The lowest BCUT2D eigenvalue weighted by molar-refractivity contribution is 0.434. The Bertz CT molecular complexity index is 1400. The van der Waals surface area contributed by atoms with Crippen molar-refractivity contribution >= 4 is 22.5 Å². The summed E-state index contributed by atoms with van der Waals surface area (Å²) >= 11 is 5.88. The second kappa shape index (κ2) is 7.93. The van der Waals surface area contributed by atoms with Crippen molar-refractivity contribution in [1.29, 1.82) is 5.26 Å². The molecule has 4 rings (SSSR count). The smallest absolute Gasteiger partial charge is 0.390 e. The predicted octanol–water partition coefficient (Wildman–Crippen LogP) is 2.07. The van der Waals surface area contributed by atoms with Crippen LogP contribution in [0.15, 0.2) is 50.8 Å². The Morgan fingerprint density at radius 3 is 2.70 bits per heavy atom. The number of aromatic nitrogens is 5. The summed E-state index contributed by atoms with van der Waals surface area (Å²) in [6.07, 6.45) is 3.32. The van der Waals surface area contributed by atoms with E-state index >= 15 is 0 Å². The molecule has 0 spiro atoms. The summed E-state index contributed by atoms with van der Waals surface area (Å²) in [5.74, 6) is -0.514. The normalized spacial score (nSPS) is 11.0. The number of nitrogens with zero attached hydrogens (tertiary/aromatic N) is 6. The maximum Gasteiger partial charge on any atom is 0.437 e. The van der Waals surface area contributed by atoms with E-state index in [2.05, 4.69) is 15.1 Å². The van der Waals surface area contributed by atoms with Gasteiger partial charge in [-0.05, 0) is 36.6 Å². The average molecular weight is 423 g/mol. The lowest BCUT2D eigenvalue weighted by Crippen LogP contribution is -2.22. The number of hydrogen-bond donors (Lipinski definition) is 0. The van der Waals surface area contributed by atoms with E-state index in [-0.39, 0.29) is 29.2 Å². The van der Waals surface area contributed by atoms with Crippen LogP contribution in [0.5, 0.6) is 0 Å². The molecule has 0 saturated carbocycles. The number of rotatable bonds is 5. The Morgan fingerprint density at radius 2 is 1.97 bits per heavy atom. The van der Waals surface area contributed by atoms with Gasteiger partial charge in [-0.1, -0.05) is 23.7 Å². The molecule has 0 atom stereocenters. The molecule has 0 amide bonds. The van der Waals surface area contributed by atoms with Gasteiger partial charge in [0.1, 0.15) is 18.1 Å². The minimum atomic E-state index is -0.604. The van der Waals surface area contributed by atoms with Crippen LogP contribution in [0.1, 0.15) is 22.7 Å². The maximum atomic E-state index is 12.9. The van der Waals surface area contributed by atoms with Crippen LogP contribution in [-0.4, -0.2) is 24.3 Å². The molecular formula is C20H15ClN6O3. The molecule has 0 N–H and O–H groups in total. The Balaban J connectivity index is 1.59. The van der Waals surface area contributed by atoms with E-state index in [9.17, 15) is 14.9 Å². The van der Waals surface area contributed by atoms with Crippen LogP contribution in [0.4, 0.5) is 0 Å². The molecule has 4 aromatic rings. The fraction of sp³-hybridized carbons (Fsp3) is 0.200. The third kappa shape index (κ3) is 3.73. The Morgan fingerprint density at radius 1 is 1.20 bits per heavy atom. The van der Waals surface area contributed by atoms with Crippen LogP contribution in [0.3, 0.4) is 0 Å². The molecule has 1 aromatic carbocycles. The zero-order valence-electron chi connectivity index (χ0n) is 15.9. The van der Waals surface area contributed by atoms with E-state index in [1.54, 1.807) is 19.1 Å². The Hall–Kier alpha value is -3.77. The van der Waals surface area contributed by atoms with Crippen molar-refractivity contribution in [2.75, 3.05) is 0 Å². The summed E-state index contributed by atoms with van der Waals surface area (Å²) in [7, 11) is 0. The number of benzene rings is 1. The van der Waals surface area contributed by atoms with Crippen LogP contribution in [0.25, 0.3) is 10.9 Å². The van der Waals surface area contributed by atoms with Gasteiger partial charge in [0.2, 0.25) is 5.89 Å². The quantitative estimate of drug-likeness (QED) is 0.482. The summed E-state index contributed by atoms with van der Waals surface area (Å²) in [5.41, 5.74) is 1.57. The summed E-state index contributed by atoms with van der Waals surface area (Å²) in [6.45, 7) is 1.98. The van der Waals surface area contributed by atoms with Crippen LogP contribution in [0.2, 0.25) is 5.02 Å². The molecule has 0 saturated heterocycles. The third-order valence-electron chi connectivity index (χ3n) is 4.63. The molecule has 0 unspecified atom stereocenters. The van der Waals surface area contributed by atoms with E-state index in [1.807, 2.05) is 18.2 Å². The fourth-order valence-corrected chi connectivity index (χ4v) is 3.22. The fourth-order valence-electron chi connectivity index (χ4n) is 3.09. The summed E-state index contributed by atoms with van der Waals surface area (Å²) in [6, 6.07) is 9.24. The first-order valence-corrected chi connectivity index (χ1v) is 9.40. The van der Waals surface area contributed by atoms with Crippen LogP contribution in [-0.2, 0) is 19.5 Å². The van der Waals surface area contributed by atoms with E-state index in [0.717, 1.165) is 5.56 Å². The highest BCUT2D eigenvalue weighted by molar-refractivity contribution is 6.30. The predicted molar refractivity (Wildman–Crippen MR) is 108 cm³/mol. The standard InChI is InChI=1S/C20H15ClN6O3/c1-12-9-23-15(8-22)18-17(12)19(28)26(11-24-18)10-16-25-27(20(29)30-16)7-6-13-2-4-14(21)5-3-13/h2-5,9,11H,6-7,10H2,1H3. The van der Waals surface area contributed by atoms with Crippen LogP contribution in [0, 0.1) is 18.3 Å². The molecule has 0 bridgehead atoms. The first-order valence-electron chi connectivity index (χ1n) is 9.02. The van der Waals surface area contributed by atoms with Crippen molar-refractivity contribution in [3.63, 3.8) is 0 Å². The summed E-state index contributed by atoms with van der Waals surface area (Å²) in [4.78, 5) is 33.2. The van der Waals surface area contributed by atoms with E-state index < -0.39 is 5.76 Å². The molecule has 10 heteroatoms. The lowest BCUT2D eigenvalue weighted by atomic mass is 10.1. The maximum absolute atomic E-state index is 12.9. The molecule has 0 aliphatic rings. The van der Waals surface area contributed by atoms with Crippen molar-refractivity contribution in [3.8, 4) is 6.07 Å². The van der Waals surface area contributed by atoms with Gasteiger partial charge in [0.05, 0.1) is 18.3 Å². The minimum Gasteiger partial charge on any atom is -0.390 e. The van der Waals surface area contributed by atoms with Gasteiger partial charge < -0.3 is 4.42 Å². The van der Waals surface area contributed by atoms with E-state index in [0.29, 0.717) is 28.9 Å². The van der Waals surface area contributed by atoms with Crippen molar-refractivity contribution in [1.82, 2.24) is 24.3 Å². The molecule has 3 heterocycles. The number of fused-ring (bicyclic) bond motifs is 1. The topological polar surface area (TPSA) is 120 Å². The average Bonchev–Trinajstić information content (AvgIpc) is 3.09. The largest absolute Gasteiger partial charge is 0.437 e. The summed E-state index contributed by atoms with van der Waals surface area (Å²) in [5, 5.41) is 14.3. The molecule has 9 nitrogen and oxygen atoms in total. The highest BCUT2D eigenvalue weighted by Crippen LogP contribution is 2.14. The molecule has 0 radical (unpaired) electrons. The van der Waals surface area contributed by atoms with Crippen LogP contribution >= 0.6 is 11.6 Å². The molecule has 0 aliphatic carbocycles. The van der Waals surface area contributed by atoms with Crippen molar-refractivity contribution in [2.45, 2.75) is 26.4 Å². The SMILES string of the molecule is Cc1cnc(C#N)c2ncn(Cc3nn(CCc4ccc(Cl)cc4)c(=O)o3)c(=O)c12. The first-order chi connectivity index (χ1) is 14.5. The van der Waals surface area contributed by atoms with Gasteiger partial charge in [-0.3, -0.25) is 9.36 Å². The van der Waals surface area contributed by atoms with Gasteiger partial charge in [-0.2, -0.15) is 9.94 Å². The Labute approximate surface area is 174 Å². The van der Waals surface area contributed by atoms with E-state index in [1.165, 1.54) is 21.8 Å². The monoisotopic (exact) mass is 422 g/mol. The summed E-state index contributed by atoms with van der Waals surface area (Å²) < 4.78 is 7.69. The zero-order valence-corrected chi connectivity index (χ0v) is 16.6. The van der Waals surface area contributed by atoms with E-state index in [4.69, 9.17) is 16.0 Å². The van der Waals surface area contributed by atoms with Gasteiger partial charge in [0.15, 0.2) is 5.69 Å². The first kappa shape index (κ1) is 19.5. The number of nitriles is 1. The van der Waals surface area contributed by atoms with Crippen LogP contribution < -0.4 is 11.3 Å². The second-order valence-electron chi connectivity index (χ2n) is 6.66. The number of halogens is 1. The highest BCUT2D eigenvalue weighted by Gasteiger charge is 2.15. The van der Waals surface area contributed by atoms with Gasteiger partial charge >= 0.3 is 5.76 Å². The number of aryl methyl sites for hydroxylation is 3. The highest BCUT2D eigenvalue weighted by atomic mass is 35.5. The van der Waals surface area contributed by atoms with Gasteiger partial charge in [0, 0.05) is 11.2 Å². The second-order valence-corrected chi connectivity index (χ2v) is 7.10. The molecule has 3 aromatic heterocycles. The third-order valence-corrected chi connectivity index (χ3v) is 4.88. The molecular weight excluding hydrogens is 408 g/mol. The number of pyridine rings is 1. The van der Waals surface area contributed by atoms with Gasteiger partial charge in [-0.15, -0.1) is 5.10 Å². The van der Waals surface area contributed by atoms with Crippen molar-refractivity contribution < 1.29 is 4.42 Å². The van der Waals surface area contributed by atoms with Crippen molar-refractivity contribution in [3.05, 3.63) is 85.4 Å². The minimum absolute atomic E-state index is 0.0609. The van der Waals surface area contributed by atoms with Gasteiger partial charge in [-0.25, -0.2) is 14.8 Å². The van der Waals surface area contributed by atoms with Gasteiger partial charge in [0.25, 0.3) is 5.56 Å². The number of hydrogen-bond acceptors (Lipinski definition) is 7. The molecule has 0 fully saturated rings. The molecule has 30 heavy (non-hydrogen) atoms. The molecule has 0 aliphatic heterocycles. The lowest BCUT2D eigenvalue weighted by Gasteiger charge is -2.06. The van der Waals surface area contributed by atoms with Crippen molar-refractivity contribution in [2.24, 2.45) is 0 Å².